The van der Waals surface area contributed by atoms with Crippen LogP contribution >= 0.6 is 0 Å². The number of methoxy groups -OCH3 is 1. The van der Waals surface area contributed by atoms with Gasteiger partial charge in [0.1, 0.15) is 34.8 Å². The molecule has 1 aromatic heterocycles. The Morgan fingerprint density at radius 2 is 1.61 bits per heavy atom. The summed E-state index contributed by atoms with van der Waals surface area (Å²) in [5, 5.41) is 11.1. The van der Waals surface area contributed by atoms with Crippen LogP contribution in [0.25, 0.3) is 5.76 Å². The van der Waals surface area contributed by atoms with Crippen molar-refractivity contribution in [1.82, 2.24) is 0 Å². The second-order valence-electron chi connectivity index (χ2n) is 8.01. The predicted octanol–water partition coefficient (Wildman–Crippen LogP) is 5.01. The smallest absolute Gasteiger partial charge is 0.300 e. The summed E-state index contributed by atoms with van der Waals surface area (Å²) in [6.45, 7) is 5.61. The number of carbonyl (C=O) groups is 2. The Balaban J connectivity index is 1.83. The van der Waals surface area contributed by atoms with Crippen molar-refractivity contribution in [3.8, 4) is 11.5 Å². The average molecular weight is 447 g/mol. The number of benzene rings is 2. The lowest BCUT2D eigenvalue weighted by atomic mass is 9.99. The highest BCUT2D eigenvalue weighted by Gasteiger charge is 2.48. The standard InChI is InChI=1S/C26H25NO6/c1-15(2)32-20-10-6-17(7-11-20)24(28)22-23(21-14-5-16(3)33-21)27(26(30)25(22)29)18-8-12-19(31-4)13-9-18/h5-15,23,28H,1-4H3/b24-22-. The van der Waals surface area contributed by atoms with E-state index in [0.29, 0.717) is 34.3 Å². The van der Waals surface area contributed by atoms with E-state index in [1.807, 2.05) is 13.8 Å². The van der Waals surface area contributed by atoms with Gasteiger partial charge in [-0.2, -0.15) is 0 Å². The summed E-state index contributed by atoms with van der Waals surface area (Å²) >= 11 is 0. The summed E-state index contributed by atoms with van der Waals surface area (Å²) < 4.78 is 16.6. The van der Waals surface area contributed by atoms with E-state index in [1.54, 1.807) is 74.7 Å². The number of hydrogen-bond donors (Lipinski definition) is 1. The van der Waals surface area contributed by atoms with Gasteiger partial charge in [-0.3, -0.25) is 14.5 Å². The summed E-state index contributed by atoms with van der Waals surface area (Å²) in [5.41, 5.74) is 0.839. The molecule has 1 aliphatic rings. The van der Waals surface area contributed by atoms with Crippen LogP contribution in [0.4, 0.5) is 5.69 Å². The highest BCUT2D eigenvalue weighted by molar-refractivity contribution is 6.51. The zero-order valence-corrected chi connectivity index (χ0v) is 18.9. The van der Waals surface area contributed by atoms with Gasteiger partial charge in [0.15, 0.2) is 0 Å². The fraction of sp³-hybridized carbons (Fsp3) is 0.231. The van der Waals surface area contributed by atoms with Gasteiger partial charge in [-0.25, -0.2) is 0 Å². The van der Waals surface area contributed by atoms with Crippen molar-refractivity contribution in [3.63, 3.8) is 0 Å². The van der Waals surface area contributed by atoms with Crippen molar-refractivity contribution in [1.29, 1.82) is 0 Å². The fourth-order valence-corrected chi connectivity index (χ4v) is 3.83. The van der Waals surface area contributed by atoms with E-state index in [4.69, 9.17) is 13.9 Å². The number of ether oxygens (including phenoxy) is 2. The molecule has 170 valence electrons. The molecule has 2 heterocycles. The van der Waals surface area contributed by atoms with Gasteiger partial charge in [0.05, 0.1) is 18.8 Å². The number of aliphatic hydroxyl groups excluding tert-OH is 1. The van der Waals surface area contributed by atoms with Crippen molar-refractivity contribution in [2.75, 3.05) is 12.0 Å². The molecule has 7 nitrogen and oxygen atoms in total. The van der Waals surface area contributed by atoms with Crippen LogP contribution in [0, 0.1) is 6.92 Å². The summed E-state index contributed by atoms with van der Waals surface area (Å²) in [6, 6.07) is 16.0. The number of anilines is 1. The van der Waals surface area contributed by atoms with E-state index in [9.17, 15) is 14.7 Å². The Hall–Kier alpha value is -4.00. The SMILES string of the molecule is COc1ccc(N2C(=O)C(=O)/C(=C(\O)c3ccc(OC(C)C)cc3)C2c2ccc(C)o2)cc1. The van der Waals surface area contributed by atoms with Gasteiger partial charge in [0.25, 0.3) is 11.7 Å². The van der Waals surface area contributed by atoms with E-state index in [-0.39, 0.29) is 17.4 Å². The number of furan rings is 1. The number of carbonyl (C=O) groups excluding carboxylic acids is 2. The molecule has 3 aromatic rings. The molecule has 0 aliphatic carbocycles. The van der Waals surface area contributed by atoms with Gasteiger partial charge in [-0.15, -0.1) is 0 Å². The van der Waals surface area contributed by atoms with Crippen molar-refractivity contribution >= 4 is 23.1 Å². The van der Waals surface area contributed by atoms with Gasteiger partial charge in [0, 0.05) is 11.3 Å². The third-order valence-electron chi connectivity index (χ3n) is 5.33. The molecule has 2 aromatic carbocycles. The summed E-state index contributed by atoms with van der Waals surface area (Å²) in [6.07, 6.45) is 0.00135. The maximum atomic E-state index is 13.1. The summed E-state index contributed by atoms with van der Waals surface area (Å²) in [7, 11) is 1.55. The second kappa shape index (κ2) is 8.86. The number of aliphatic hydroxyl groups is 1. The monoisotopic (exact) mass is 447 g/mol. The molecule has 33 heavy (non-hydrogen) atoms. The van der Waals surface area contributed by atoms with Crippen molar-refractivity contribution in [2.45, 2.75) is 32.9 Å². The van der Waals surface area contributed by atoms with Gasteiger partial charge >= 0.3 is 0 Å². The Morgan fingerprint density at radius 1 is 0.970 bits per heavy atom. The molecule has 0 spiro atoms. The number of nitrogens with zero attached hydrogens (tertiary/aromatic N) is 1. The van der Waals surface area contributed by atoms with E-state index < -0.39 is 17.7 Å². The molecule has 1 aliphatic heterocycles. The largest absolute Gasteiger partial charge is 0.507 e. The molecule has 7 heteroatoms. The number of amides is 1. The van der Waals surface area contributed by atoms with Crippen LogP contribution in [0.3, 0.4) is 0 Å². The minimum absolute atomic E-state index is 0.00135. The zero-order valence-electron chi connectivity index (χ0n) is 18.9. The van der Waals surface area contributed by atoms with Crippen LogP contribution in [0.2, 0.25) is 0 Å². The third-order valence-corrected chi connectivity index (χ3v) is 5.33. The van der Waals surface area contributed by atoms with Gasteiger partial charge in [0.2, 0.25) is 0 Å². The van der Waals surface area contributed by atoms with E-state index in [1.165, 1.54) is 4.90 Å². The molecular weight excluding hydrogens is 422 g/mol. The highest BCUT2D eigenvalue weighted by atomic mass is 16.5. The first-order chi connectivity index (χ1) is 15.8. The Morgan fingerprint density at radius 3 is 2.15 bits per heavy atom. The molecule has 1 N–H and O–H groups in total. The van der Waals surface area contributed by atoms with E-state index in [0.717, 1.165) is 0 Å². The molecule has 4 rings (SSSR count). The molecule has 1 saturated heterocycles. The molecule has 0 saturated carbocycles. The first-order valence-corrected chi connectivity index (χ1v) is 10.6. The maximum absolute atomic E-state index is 13.1. The Kier molecular flexibility index (Phi) is 5.96. The predicted molar refractivity (Wildman–Crippen MR) is 123 cm³/mol. The first-order valence-electron chi connectivity index (χ1n) is 10.6. The quantitative estimate of drug-likeness (QED) is 0.325. The lowest BCUT2D eigenvalue weighted by molar-refractivity contribution is -0.132. The molecule has 1 amide bonds. The number of hydrogen-bond acceptors (Lipinski definition) is 6. The fourth-order valence-electron chi connectivity index (χ4n) is 3.83. The second-order valence-corrected chi connectivity index (χ2v) is 8.01. The minimum atomic E-state index is -0.918. The third kappa shape index (κ3) is 4.22. The van der Waals surface area contributed by atoms with Gasteiger partial charge in [-0.1, -0.05) is 0 Å². The van der Waals surface area contributed by atoms with Gasteiger partial charge in [-0.05, 0) is 81.4 Å². The molecule has 1 fully saturated rings. The summed E-state index contributed by atoms with van der Waals surface area (Å²) in [5.74, 6) is 0.442. The van der Waals surface area contributed by atoms with Crippen LogP contribution in [-0.4, -0.2) is 30.0 Å². The normalized spacial score (nSPS) is 17.6. The molecular formula is C26H25NO6. The highest BCUT2D eigenvalue weighted by Crippen LogP contribution is 2.43. The van der Waals surface area contributed by atoms with Crippen molar-refractivity contribution in [3.05, 3.63) is 83.3 Å². The number of aryl methyl sites for hydroxylation is 1. The van der Waals surface area contributed by atoms with E-state index in [2.05, 4.69) is 0 Å². The Labute approximate surface area is 191 Å². The van der Waals surface area contributed by atoms with E-state index >= 15 is 0 Å². The topological polar surface area (TPSA) is 89.2 Å². The number of ketones is 1. The summed E-state index contributed by atoms with van der Waals surface area (Å²) in [4.78, 5) is 27.6. The van der Waals surface area contributed by atoms with Crippen LogP contribution < -0.4 is 14.4 Å². The lowest BCUT2D eigenvalue weighted by Gasteiger charge is -2.23. The first kappa shape index (κ1) is 22.2. The Bertz CT molecular complexity index is 1200. The number of Topliss-reactive ketones (excluding diaryl/α,β-unsaturated/α-hetero) is 1. The van der Waals surface area contributed by atoms with Crippen LogP contribution in [0.15, 0.2) is 70.7 Å². The van der Waals surface area contributed by atoms with Crippen molar-refractivity contribution in [2.24, 2.45) is 0 Å². The maximum Gasteiger partial charge on any atom is 0.300 e. The molecule has 1 atom stereocenters. The zero-order chi connectivity index (χ0) is 23.7. The van der Waals surface area contributed by atoms with Crippen molar-refractivity contribution < 1.29 is 28.6 Å². The molecule has 1 unspecified atom stereocenters. The van der Waals surface area contributed by atoms with Gasteiger partial charge < -0.3 is 19.0 Å². The molecule has 0 radical (unpaired) electrons. The lowest BCUT2D eigenvalue weighted by Crippen LogP contribution is -2.29. The number of rotatable bonds is 6. The minimum Gasteiger partial charge on any atom is -0.507 e. The molecule has 0 bridgehead atoms. The average Bonchev–Trinajstić information content (AvgIpc) is 3.34. The van der Waals surface area contributed by atoms with Crippen LogP contribution in [0.5, 0.6) is 11.5 Å². The van der Waals surface area contributed by atoms with Crippen LogP contribution in [0.1, 0.15) is 37.0 Å². The van der Waals surface area contributed by atoms with Crippen LogP contribution in [-0.2, 0) is 9.59 Å².